The van der Waals surface area contributed by atoms with Crippen molar-refractivity contribution in [3.63, 3.8) is 0 Å². The minimum Gasteiger partial charge on any atom is -0.338 e. The minimum absolute atomic E-state index is 0.226. The fourth-order valence-corrected chi connectivity index (χ4v) is 2.90. The second-order valence-electron chi connectivity index (χ2n) is 4.88. The molecular weight excluding hydrogens is 302 g/mol. The molecule has 1 unspecified atom stereocenters. The first-order valence-corrected chi connectivity index (χ1v) is 7.67. The predicted octanol–water partition coefficient (Wildman–Crippen LogP) is 1.35. The molecule has 1 atom stereocenters. The van der Waals surface area contributed by atoms with E-state index in [1.807, 2.05) is 30.3 Å². The Labute approximate surface area is 130 Å². The summed E-state index contributed by atoms with van der Waals surface area (Å²) in [6.45, 7) is 0. The van der Waals surface area contributed by atoms with Gasteiger partial charge in [-0.15, -0.1) is 11.3 Å². The van der Waals surface area contributed by atoms with Crippen LogP contribution < -0.4 is 10.6 Å². The van der Waals surface area contributed by atoms with Crippen molar-refractivity contribution < 1.29 is 14.4 Å². The van der Waals surface area contributed by atoms with Crippen molar-refractivity contribution in [1.29, 1.82) is 0 Å². The molecule has 3 amide bonds. The topological polar surface area (TPSA) is 88.2 Å². The van der Waals surface area contributed by atoms with Crippen molar-refractivity contribution >= 4 is 29.1 Å². The Morgan fingerprint density at radius 3 is 2.77 bits per heavy atom. The zero-order valence-corrected chi connectivity index (χ0v) is 12.4. The number of thiazole rings is 1. The summed E-state index contributed by atoms with van der Waals surface area (Å²) in [5.41, 5.74) is 1.65. The van der Waals surface area contributed by atoms with Crippen LogP contribution in [-0.2, 0) is 9.59 Å². The van der Waals surface area contributed by atoms with Gasteiger partial charge < -0.3 is 5.32 Å². The molecule has 1 aromatic carbocycles. The van der Waals surface area contributed by atoms with Crippen LogP contribution in [0.4, 0.5) is 0 Å². The maximum absolute atomic E-state index is 12.2. The maximum atomic E-state index is 12.2. The molecule has 1 aliphatic heterocycles. The molecule has 112 valence electrons. The van der Waals surface area contributed by atoms with E-state index in [0.29, 0.717) is 11.4 Å². The second-order valence-corrected chi connectivity index (χ2v) is 5.74. The highest BCUT2D eigenvalue weighted by atomic mass is 32.1. The third-order valence-corrected chi connectivity index (χ3v) is 4.15. The molecule has 0 aliphatic carbocycles. The van der Waals surface area contributed by atoms with E-state index in [4.69, 9.17) is 0 Å². The third kappa shape index (κ3) is 3.04. The standard InChI is InChI=1S/C15H13N3O3S/c19-12-7-6-10(13(20)18-12)16-14(21)15-17-11(8-22-15)9-4-2-1-3-5-9/h1-5,8,10H,6-7H2,(H,16,21)(H,18,19,20). The number of carbonyl (C=O) groups is 3. The molecule has 0 saturated carbocycles. The summed E-state index contributed by atoms with van der Waals surface area (Å²) < 4.78 is 0. The number of piperidine rings is 1. The van der Waals surface area contributed by atoms with Crippen molar-refractivity contribution in [2.45, 2.75) is 18.9 Å². The van der Waals surface area contributed by atoms with E-state index >= 15 is 0 Å². The number of amides is 3. The quantitative estimate of drug-likeness (QED) is 0.837. The lowest BCUT2D eigenvalue weighted by Crippen LogP contribution is -2.52. The lowest BCUT2D eigenvalue weighted by Gasteiger charge is -2.21. The van der Waals surface area contributed by atoms with Crippen LogP contribution in [0.3, 0.4) is 0 Å². The van der Waals surface area contributed by atoms with Crippen LogP contribution in [0.1, 0.15) is 22.6 Å². The number of carbonyl (C=O) groups excluding carboxylic acids is 3. The molecule has 3 rings (SSSR count). The van der Waals surface area contributed by atoms with Gasteiger partial charge >= 0.3 is 0 Å². The van der Waals surface area contributed by atoms with E-state index < -0.39 is 17.9 Å². The summed E-state index contributed by atoms with van der Waals surface area (Å²) in [4.78, 5) is 39.2. The monoisotopic (exact) mass is 315 g/mol. The molecule has 2 aromatic rings. The van der Waals surface area contributed by atoms with Crippen LogP contribution in [0.25, 0.3) is 11.3 Å². The van der Waals surface area contributed by atoms with E-state index in [9.17, 15) is 14.4 Å². The Morgan fingerprint density at radius 2 is 2.05 bits per heavy atom. The zero-order valence-electron chi connectivity index (χ0n) is 11.5. The minimum atomic E-state index is -0.686. The number of hydrogen-bond acceptors (Lipinski definition) is 5. The fraction of sp³-hybridized carbons (Fsp3) is 0.200. The van der Waals surface area contributed by atoms with Crippen LogP contribution >= 0.6 is 11.3 Å². The first-order chi connectivity index (χ1) is 10.6. The molecule has 0 spiro atoms. The normalized spacial score (nSPS) is 17.9. The summed E-state index contributed by atoms with van der Waals surface area (Å²) in [6, 6.07) is 8.85. The molecule has 22 heavy (non-hydrogen) atoms. The number of hydrogen-bond donors (Lipinski definition) is 2. The molecule has 2 N–H and O–H groups in total. The Bertz CT molecular complexity index is 727. The molecule has 1 fully saturated rings. The third-order valence-electron chi connectivity index (χ3n) is 3.31. The van der Waals surface area contributed by atoms with Gasteiger partial charge in [-0.2, -0.15) is 0 Å². The second kappa shape index (κ2) is 6.07. The number of benzene rings is 1. The molecule has 0 radical (unpaired) electrons. The van der Waals surface area contributed by atoms with Gasteiger partial charge in [-0.1, -0.05) is 30.3 Å². The van der Waals surface area contributed by atoms with Crippen molar-refractivity contribution in [2.75, 3.05) is 0 Å². The van der Waals surface area contributed by atoms with Gasteiger partial charge in [-0.05, 0) is 6.42 Å². The van der Waals surface area contributed by atoms with Crippen LogP contribution in [-0.4, -0.2) is 28.7 Å². The first-order valence-electron chi connectivity index (χ1n) is 6.79. The van der Waals surface area contributed by atoms with Gasteiger partial charge in [-0.3, -0.25) is 19.7 Å². The van der Waals surface area contributed by atoms with Gasteiger partial charge in [0.05, 0.1) is 5.69 Å². The molecule has 7 heteroatoms. The van der Waals surface area contributed by atoms with Crippen molar-refractivity contribution in [3.05, 3.63) is 40.7 Å². The lowest BCUT2D eigenvalue weighted by molar-refractivity contribution is -0.134. The Kier molecular flexibility index (Phi) is 3.97. The molecule has 1 aliphatic rings. The highest BCUT2D eigenvalue weighted by Crippen LogP contribution is 2.21. The number of nitrogens with zero attached hydrogens (tertiary/aromatic N) is 1. The van der Waals surface area contributed by atoms with E-state index in [2.05, 4.69) is 15.6 Å². The summed E-state index contributed by atoms with van der Waals surface area (Å²) in [6.07, 6.45) is 0.539. The average molecular weight is 315 g/mol. The number of aromatic nitrogens is 1. The molecule has 1 aromatic heterocycles. The predicted molar refractivity (Wildman–Crippen MR) is 81.2 cm³/mol. The summed E-state index contributed by atoms with van der Waals surface area (Å²) >= 11 is 1.22. The van der Waals surface area contributed by atoms with Crippen molar-refractivity contribution in [1.82, 2.24) is 15.6 Å². The molecule has 0 bridgehead atoms. The SMILES string of the molecule is O=C1CCC(NC(=O)c2nc(-c3ccccc3)cs2)C(=O)N1. The molecule has 1 saturated heterocycles. The molecular formula is C15H13N3O3S. The van der Waals surface area contributed by atoms with E-state index in [1.54, 1.807) is 5.38 Å². The molecule has 6 nitrogen and oxygen atoms in total. The Hall–Kier alpha value is -2.54. The van der Waals surface area contributed by atoms with Crippen molar-refractivity contribution in [3.8, 4) is 11.3 Å². The van der Waals surface area contributed by atoms with Crippen LogP contribution in [0.2, 0.25) is 0 Å². The van der Waals surface area contributed by atoms with E-state index in [0.717, 1.165) is 11.3 Å². The summed E-state index contributed by atoms with van der Waals surface area (Å²) in [5.74, 6) is -1.18. The average Bonchev–Trinajstić information content (AvgIpc) is 3.01. The van der Waals surface area contributed by atoms with Gasteiger partial charge in [0.25, 0.3) is 5.91 Å². The Balaban J connectivity index is 1.70. The Morgan fingerprint density at radius 1 is 1.27 bits per heavy atom. The van der Waals surface area contributed by atoms with Gasteiger partial charge in [-0.25, -0.2) is 4.98 Å². The van der Waals surface area contributed by atoms with Crippen LogP contribution in [0.15, 0.2) is 35.7 Å². The summed E-state index contributed by atoms with van der Waals surface area (Å²) in [5, 5.41) is 6.92. The van der Waals surface area contributed by atoms with Crippen LogP contribution in [0.5, 0.6) is 0 Å². The van der Waals surface area contributed by atoms with Gasteiger partial charge in [0.15, 0.2) is 5.01 Å². The van der Waals surface area contributed by atoms with Gasteiger partial charge in [0.2, 0.25) is 11.8 Å². The molecule has 2 heterocycles. The number of nitrogens with one attached hydrogen (secondary N) is 2. The smallest absolute Gasteiger partial charge is 0.280 e. The largest absolute Gasteiger partial charge is 0.338 e. The van der Waals surface area contributed by atoms with Gasteiger partial charge in [0, 0.05) is 17.4 Å². The lowest BCUT2D eigenvalue weighted by atomic mass is 10.1. The van der Waals surface area contributed by atoms with E-state index in [-0.39, 0.29) is 12.3 Å². The summed E-state index contributed by atoms with van der Waals surface area (Å²) in [7, 11) is 0. The van der Waals surface area contributed by atoms with Crippen LogP contribution in [0, 0.1) is 0 Å². The number of rotatable bonds is 3. The van der Waals surface area contributed by atoms with E-state index in [1.165, 1.54) is 11.3 Å². The highest BCUT2D eigenvalue weighted by molar-refractivity contribution is 7.12. The first kappa shape index (κ1) is 14.4. The van der Waals surface area contributed by atoms with Gasteiger partial charge in [0.1, 0.15) is 6.04 Å². The van der Waals surface area contributed by atoms with Crippen molar-refractivity contribution in [2.24, 2.45) is 0 Å². The maximum Gasteiger partial charge on any atom is 0.280 e. The zero-order chi connectivity index (χ0) is 15.5. The highest BCUT2D eigenvalue weighted by Gasteiger charge is 2.28. The number of imide groups is 1. The fourth-order valence-electron chi connectivity index (χ4n) is 2.17.